The smallest absolute Gasteiger partial charge is 0.0236 e. The lowest BCUT2D eigenvalue weighted by atomic mass is 10.00. The third-order valence-electron chi connectivity index (χ3n) is 4.24. The van der Waals surface area contributed by atoms with Crippen LogP contribution in [0.15, 0.2) is 24.3 Å². The molecule has 0 amide bonds. The molecule has 2 unspecified atom stereocenters. The normalized spacial score (nSPS) is 27.8. The van der Waals surface area contributed by atoms with Crippen LogP contribution in [0.4, 0.5) is 0 Å². The molecule has 1 aromatic carbocycles. The van der Waals surface area contributed by atoms with E-state index < -0.39 is 0 Å². The van der Waals surface area contributed by atoms with Crippen LogP contribution in [-0.4, -0.2) is 31.6 Å². The summed E-state index contributed by atoms with van der Waals surface area (Å²) in [5.41, 5.74) is 3.11. The number of nitrogens with zero attached hydrogens (tertiary/aromatic N) is 1. The second-order valence-corrected chi connectivity index (χ2v) is 5.57. The van der Waals surface area contributed by atoms with E-state index in [1.54, 1.807) is 11.1 Å². The summed E-state index contributed by atoms with van der Waals surface area (Å²) in [5, 5.41) is 3.29. The van der Waals surface area contributed by atoms with E-state index in [0.717, 1.165) is 11.8 Å². The Morgan fingerprint density at radius 3 is 2.88 bits per heavy atom. The molecule has 1 saturated carbocycles. The van der Waals surface area contributed by atoms with Crippen molar-refractivity contribution in [2.45, 2.75) is 19.4 Å². The van der Waals surface area contributed by atoms with Crippen molar-refractivity contribution >= 4 is 0 Å². The lowest BCUT2D eigenvalue weighted by Gasteiger charge is -2.28. The molecule has 2 nitrogen and oxygen atoms in total. The van der Waals surface area contributed by atoms with Crippen LogP contribution in [0.1, 0.15) is 17.5 Å². The quantitative estimate of drug-likeness (QED) is 0.850. The van der Waals surface area contributed by atoms with Gasteiger partial charge in [-0.05, 0) is 49.4 Å². The fraction of sp³-hybridized carbons (Fsp3) is 0.600. The zero-order chi connectivity index (χ0) is 11.7. The molecule has 1 aromatic rings. The van der Waals surface area contributed by atoms with E-state index in [0.29, 0.717) is 0 Å². The number of nitrogens with one attached hydrogen (secondary N) is 1. The highest BCUT2D eigenvalue weighted by Crippen LogP contribution is 2.39. The first kappa shape index (κ1) is 11.2. The first-order valence-electron chi connectivity index (χ1n) is 6.80. The lowest BCUT2D eigenvalue weighted by Crippen LogP contribution is -2.32. The molecular weight excluding hydrogens is 208 g/mol. The van der Waals surface area contributed by atoms with E-state index in [4.69, 9.17) is 0 Å². The van der Waals surface area contributed by atoms with Crippen LogP contribution in [0.25, 0.3) is 0 Å². The minimum atomic E-state index is 0.942. The summed E-state index contributed by atoms with van der Waals surface area (Å²) in [7, 11) is 2.06. The lowest BCUT2D eigenvalue weighted by molar-refractivity contribution is 0.239. The minimum Gasteiger partial charge on any atom is -0.319 e. The third-order valence-corrected chi connectivity index (χ3v) is 4.24. The Kier molecular flexibility index (Phi) is 3.17. The maximum Gasteiger partial charge on any atom is 0.0236 e. The van der Waals surface area contributed by atoms with Crippen molar-refractivity contribution in [2.75, 3.05) is 26.7 Å². The highest BCUT2D eigenvalue weighted by Gasteiger charge is 2.37. The molecule has 1 aliphatic carbocycles. The number of hydrogen-bond donors (Lipinski definition) is 1. The van der Waals surface area contributed by atoms with Crippen LogP contribution in [0.2, 0.25) is 0 Å². The summed E-state index contributed by atoms with van der Waals surface area (Å²) in [4.78, 5) is 2.64. The molecule has 0 aromatic heterocycles. The zero-order valence-corrected chi connectivity index (χ0v) is 10.7. The van der Waals surface area contributed by atoms with Gasteiger partial charge in [-0.15, -0.1) is 0 Å². The zero-order valence-electron chi connectivity index (χ0n) is 10.7. The largest absolute Gasteiger partial charge is 0.319 e. The SMILES string of the molecule is CNCC1CC1CN1CCc2ccccc2C1. The van der Waals surface area contributed by atoms with E-state index >= 15 is 0 Å². The molecule has 1 heterocycles. The van der Waals surface area contributed by atoms with Crippen molar-refractivity contribution in [3.05, 3.63) is 35.4 Å². The van der Waals surface area contributed by atoms with Gasteiger partial charge in [0.25, 0.3) is 0 Å². The number of fused-ring (bicyclic) bond motifs is 1. The summed E-state index contributed by atoms with van der Waals surface area (Å²) < 4.78 is 0. The Balaban J connectivity index is 1.55. The Labute approximate surface area is 104 Å². The number of benzene rings is 1. The predicted molar refractivity (Wildman–Crippen MR) is 70.9 cm³/mol. The first-order valence-corrected chi connectivity index (χ1v) is 6.80. The topological polar surface area (TPSA) is 15.3 Å². The molecule has 0 spiro atoms. The molecule has 2 heteroatoms. The molecular formula is C15H22N2. The van der Waals surface area contributed by atoms with Crippen LogP contribution >= 0.6 is 0 Å². The number of hydrogen-bond acceptors (Lipinski definition) is 2. The summed E-state index contributed by atoms with van der Waals surface area (Å²) in [6.45, 7) is 4.93. The van der Waals surface area contributed by atoms with Gasteiger partial charge >= 0.3 is 0 Å². The van der Waals surface area contributed by atoms with E-state index in [9.17, 15) is 0 Å². The van der Waals surface area contributed by atoms with E-state index in [1.165, 1.54) is 39.0 Å². The van der Waals surface area contributed by atoms with E-state index in [2.05, 4.69) is 41.5 Å². The van der Waals surface area contributed by atoms with Gasteiger partial charge in [-0.3, -0.25) is 4.90 Å². The van der Waals surface area contributed by atoms with Gasteiger partial charge < -0.3 is 5.32 Å². The Hall–Kier alpha value is -0.860. The average molecular weight is 230 g/mol. The summed E-state index contributed by atoms with van der Waals surface area (Å²) in [6.07, 6.45) is 2.67. The molecule has 1 N–H and O–H groups in total. The molecule has 0 radical (unpaired) electrons. The second kappa shape index (κ2) is 4.79. The Morgan fingerprint density at radius 1 is 1.24 bits per heavy atom. The minimum absolute atomic E-state index is 0.942. The van der Waals surface area contributed by atoms with Crippen molar-refractivity contribution in [1.82, 2.24) is 10.2 Å². The van der Waals surface area contributed by atoms with Crippen molar-refractivity contribution < 1.29 is 0 Å². The number of rotatable bonds is 4. The van der Waals surface area contributed by atoms with Gasteiger partial charge in [0, 0.05) is 19.6 Å². The van der Waals surface area contributed by atoms with Gasteiger partial charge in [-0.2, -0.15) is 0 Å². The maximum atomic E-state index is 3.29. The maximum absolute atomic E-state index is 3.29. The third kappa shape index (κ3) is 2.53. The van der Waals surface area contributed by atoms with Crippen molar-refractivity contribution in [1.29, 1.82) is 0 Å². The molecule has 1 aliphatic heterocycles. The fourth-order valence-electron chi connectivity index (χ4n) is 3.09. The molecule has 0 saturated heterocycles. The van der Waals surface area contributed by atoms with Crippen LogP contribution in [0, 0.1) is 11.8 Å². The van der Waals surface area contributed by atoms with Gasteiger partial charge in [0.2, 0.25) is 0 Å². The van der Waals surface area contributed by atoms with Crippen LogP contribution in [0.5, 0.6) is 0 Å². The standard InChI is InChI=1S/C15H22N2/c1-16-9-14-8-15(14)11-17-7-6-12-4-2-3-5-13(12)10-17/h2-5,14-16H,6-11H2,1H3. The van der Waals surface area contributed by atoms with Crippen LogP contribution < -0.4 is 5.32 Å². The first-order chi connectivity index (χ1) is 8.36. The fourth-order valence-corrected chi connectivity index (χ4v) is 3.09. The Morgan fingerprint density at radius 2 is 2.06 bits per heavy atom. The van der Waals surface area contributed by atoms with Gasteiger partial charge in [0.05, 0.1) is 0 Å². The highest BCUT2D eigenvalue weighted by molar-refractivity contribution is 5.29. The molecule has 3 rings (SSSR count). The van der Waals surface area contributed by atoms with Gasteiger partial charge in [0.15, 0.2) is 0 Å². The van der Waals surface area contributed by atoms with Gasteiger partial charge in [-0.1, -0.05) is 24.3 Å². The molecule has 1 fully saturated rings. The monoisotopic (exact) mass is 230 g/mol. The van der Waals surface area contributed by atoms with Crippen molar-refractivity contribution in [3.8, 4) is 0 Å². The average Bonchev–Trinajstić information content (AvgIpc) is 3.08. The van der Waals surface area contributed by atoms with Gasteiger partial charge in [-0.25, -0.2) is 0 Å². The molecule has 92 valence electrons. The van der Waals surface area contributed by atoms with E-state index in [-0.39, 0.29) is 0 Å². The summed E-state index contributed by atoms with van der Waals surface area (Å²) in [6, 6.07) is 8.91. The summed E-state index contributed by atoms with van der Waals surface area (Å²) >= 11 is 0. The molecule has 17 heavy (non-hydrogen) atoms. The van der Waals surface area contributed by atoms with Crippen molar-refractivity contribution in [3.63, 3.8) is 0 Å². The van der Waals surface area contributed by atoms with Crippen LogP contribution in [0.3, 0.4) is 0 Å². The highest BCUT2D eigenvalue weighted by atomic mass is 15.1. The predicted octanol–water partition coefficient (Wildman–Crippen LogP) is 1.90. The van der Waals surface area contributed by atoms with E-state index in [1.807, 2.05) is 0 Å². The Bertz CT molecular complexity index is 388. The summed E-state index contributed by atoms with van der Waals surface area (Å²) in [5.74, 6) is 1.89. The second-order valence-electron chi connectivity index (χ2n) is 5.57. The van der Waals surface area contributed by atoms with Gasteiger partial charge in [0.1, 0.15) is 0 Å². The van der Waals surface area contributed by atoms with Crippen LogP contribution in [-0.2, 0) is 13.0 Å². The molecule has 2 aliphatic rings. The molecule has 0 bridgehead atoms. The molecule has 2 atom stereocenters. The van der Waals surface area contributed by atoms with Crippen molar-refractivity contribution in [2.24, 2.45) is 11.8 Å².